The fourth-order valence-corrected chi connectivity index (χ4v) is 2.64. The normalized spacial score (nSPS) is 14.0. The van der Waals surface area contributed by atoms with E-state index < -0.39 is 54.5 Å². The number of hydrogen-bond acceptors (Lipinski definition) is 8. The van der Waals surface area contributed by atoms with Gasteiger partial charge in [-0.2, -0.15) is 0 Å². The van der Waals surface area contributed by atoms with Gasteiger partial charge in [0.2, 0.25) is 17.7 Å². The third-order valence-electron chi connectivity index (χ3n) is 4.36. The van der Waals surface area contributed by atoms with E-state index in [1.165, 1.54) is 6.92 Å². The fraction of sp³-hybridized carbons (Fsp3) is 0.667. The van der Waals surface area contributed by atoms with Crippen LogP contribution in [0.4, 0.5) is 0 Å². The van der Waals surface area contributed by atoms with Crippen molar-refractivity contribution in [3.05, 3.63) is 0 Å². The molecule has 16 heteroatoms. The number of rotatable bonds is 16. The Bertz CT molecular complexity index is 750. The molecule has 0 spiro atoms. The molecule has 0 rings (SSSR count). The van der Waals surface area contributed by atoms with Crippen LogP contribution in [-0.2, 0) is 19.2 Å². The van der Waals surface area contributed by atoms with Crippen molar-refractivity contribution in [1.29, 1.82) is 0 Å². The zero-order valence-corrected chi connectivity index (χ0v) is 19.1. The Balaban J connectivity index is 5.15. The predicted molar refractivity (Wildman–Crippen MR) is 124 cm³/mol. The van der Waals surface area contributed by atoms with E-state index in [1.807, 2.05) is 0 Å². The van der Waals surface area contributed by atoms with Crippen molar-refractivity contribution in [2.24, 2.45) is 38.7 Å². The van der Waals surface area contributed by atoms with Crippen LogP contribution >= 0.6 is 0 Å². The highest BCUT2D eigenvalue weighted by Crippen LogP contribution is 2.03. The van der Waals surface area contributed by atoms with Gasteiger partial charge in [0.25, 0.3) is 0 Å². The molecule has 4 atom stereocenters. The van der Waals surface area contributed by atoms with Crippen LogP contribution in [0.2, 0.25) is 0 Å². The molecule has 0 bridgehead atoms. The summed E-state index contributed by atoms with van der Waals surface area (Å²) in [6.07, 6.45) is -0.391. The third kappa shape index (κ3) is 13.7. The molecule has 3 amide bonds. The van der Waals surface area contributed by atoms with Crippen LogP contribution in [0.25, 0.3) is 0 Å². The molecular weight excluding hydrogens is 452 g/mol. The molecule has 4 unspecified atom stereocenters. The van der Waals surface area contributed by atoms with Crippen molar-refractivity contribution in [2.75, 3.05) is 19.6 Å². The summed E-state index contributed by atoms with van der Waals surface area (Å²) in [5.41, 5.74) is 26.7. The van der Waals surface area contributed by atoms with Gasteiger partial charge in [-0.25, -0.2) is 0 Å². The number of aliphatic hydroxyl groups is 1. The summed E-state index contributed by atoms with van der Waals surface area (Å²) in [4.78, 5) is 55.7. The van der Waals surface area contributed by atoms with Crippen molar-refractivity contribution in [3.63, 3.8) is 0 Å². The van der Waals surface area contributed by atoms with Gasteiger partial charge in [-0.3, -0.25) is 29.2 Å². The number of nitrogens with one attached hydrogen (secondary N) is 3. The minimum absolute atomic E-state index is 0.0543. The van der Waals surface area contributed by atoms with Crippen LogP contribution in [-0.4, -0.2) is 89.7 Å². The van der Waals surface area contributed by atoms with E-state index in [-0.39, 0.29) is 44.3 Å². The number of carboxylic acid groups (broad SMARTS) is 1. The van der Waals surface area contributed by atoms with Crippen molar-refractivity contribution in [3.8, 4) is 0 Å². The number of amides is 3. The van der Waals surface area contributed by atoms with Crippen LogP contribution in [0.15, 0.2) is 9.98 Å². The van der Waals surface area contributed by atoms with E-state index in [2.05, 4.69) is 25.9 Å². The second kappa shape index (κ2) is 16.0. The molecule has 16 nitrogen and oxygen atoms in total. The lowest BCUT2D eigenvalue weighted by atomic mass is 10.1. The molecule has 0 aliphatic heterocycles. The van der Waals surface area contributed by atoms with Crippen molar-refractivity contribution < 1.29 is 29.4 Å². The topological polar surface area (TPSA) is 300 Å². The van der Waals surface area contributed by atoms with E-state index >= 15 is 0 Å². The van der Waals surface area contributed by atoms with E-state index in [4.69, 9.17) is 33.8 Å². The second-order valence-electron chi connectivity index (χ2n) is 7.40. The first-order valence-electron chi connectivity index (χ1n) is 10.5. The van der Waals surface area contributed by atoms with Gasteiger partial charge in [0, 0.05) is 13.1 Å². The van der Waals surface area contributed by atoms with Gasteiger partial charge in [0.15, 0.2) is 11.9 Å². The van der Waals surface area contributed by atoms with E-state index in [1.54, 1.807) is 0 Å². The third-order valence-corrected chi connectivity index (χ3v) is 4.36. The monoisotopic (exact) mass is 488 g/mol. The van der Waals surface area contributed by atoms with Crippen LogP contribution in [0, 0.1) is 0 Å². The highest BCUT2D eigenvalue weighted by atomic mass is 16.4. The molecule has 34 heavy (non-hydrogen) atoms. The molecule has 15 N–H and O–H groups in total. The quantitative estimate of drug-likeness (QED) is 0.0556. The Labute approximate surface area is 196 Å². The number of carboxylic acids is 1. The molecule has 0 aromatic rings. The Hall–Kier alpha value is -3.66. The van der Waals surface area contributed by atoms with Crippen molar-refractivity contribution >= 4 is 35.6 Å². The van der Waals surface area contributed by atoms with E-state index in [9.17, 15) is 24.3 Å². The summed E-state index contributed by atoms with van der Waals surface area (Å²) in [6.45, 7) is 1.03. The summed E-state index contributed by atoms with van der Waals surface area (Å²) < 4.78 is 0. The summed E-state index contributed by atoms with van der Waals surface area (Å²) in [6, 6.07) is -3.60. The smallest absolute Gasteiger partial charge is 0.322 e. The minimum atomic E-state index is -1.43. The maximum atomic E-state index is 12.7. The molecule has 0 aromatic heterocycles. The Morgan fingerprint density at radius 2 is 1.38 bits per heavy atom. The molecule has 0 aliphatic rings. The van der Waals surface area contributed by atoms with Gasteiger partial charge in [-0.05, 0) is 32.6 Å². The molecular formula is C18H36N10O6. The first kappa shape index (κ1) is 30.3. The number of carbonyl (C=O) groups excluding carboxylic acids is 3. The summed E-state index contributed by atoms with van der Waals surface area (Å²) in [5.74, 6) is -3.86. The second-order valence-corrected chi connectivity index (χ2v) is 7.40. The number of carbonyl (C=O) groups is 4. The van der Waals surface area contributed by atoms with Gasteiger partial charge in [-0.1, -0.05) is 0 Å². The predicted octanol–water partition coefficient (Wildman–Crippen LogP) is -5.03. The summed E-state index contributed by atoms with van der Waals surface area (Å²) in [5, 5.41) is 25.7. The number of nitrogens with zero attached hydrogens (tertiary/aromatic N) is 2. The molecule has 0 heterocycles. The first-order valence-corrected chi connectivity index (χ1v) is 10.5. The highest BCUT2D eigenvalue weighted by molar-refractivity contribution is 5.94. The van der Waals surface area contributed by atoms with Gasteiger partial charge in [0.05, 0.1) is 12.1 Å². The van der Waals surface area contributed by atoms with Gasteiger partial charge in [-0.15, -0.1) is 0 Å². The molecule has 0 saturated heterocycles. The maximum absolute atomic E-state index is 12.7. The number of aliphatic imine (C=N–C) groups is 2. The molecule has 0 saturated carbocycles. The summed E-state index contributed by atoms with van der Waals surface area (Å²) >= 11 is 0. The highest BCUT2D eigenvalue weighted by Gasteiger charge is 2.31. The zero-order chi connectivity index (χ0) is 26.3. The van der Waals surface area contributed by atoms with E-state index in [0.717, 1.165) is 0 Å². The largest absolute Gasteiger partial charge is 0.480 e. The molecule has 194 valence electrons. The number of aliphatic carboxylic acids is 1. The Morgan fingerprint density at radius 3 is 1.85 bits per heavy atom. The minimum Gasteiger partial charge on any atom is -0.480 e. The van der Waals surface area contributed by atoms with Gasteiger partial charge in [0.1, 0.15) is 18.6 Å². The van der Waals surface area contributed by atoms with Crippen LogP contribution < -0.4 is 44.6 Å². The van der Waals surface area contributed by atoms with Crippen molar-refractivity contribution in [1.82, 2.24) is 16.0 Å². The Morgan fingerprint density at radius 1 is 0.853 bits per heavy atom. The number of guanidine groups is 2. The standard InChI is InChI=1S/C18H36N10O6/c1-9(29)13(28-14(32)10(19)4-2-6-24-17(20)21)16(34)27-11(5-3-7-25-18(22)23)15(33)26-8-12(30)31/h9-11,13,29H,2-8,19H2,1H3,(H,26,33)(H,27,34)(H,28,32)(H,30,31)(H4,20,21,24)(H4,22,23,25). The zero-order valence-electron chi connectivity index (χ0n) is 19.1. The van der Waals surface area contributed by atoms with E-state index in [0.29, 0.717) is 6.42 Å². The SMILES string of the molecule is CC(O)C(NC(=O)C(N)CCCN=C(N)N)C(=O)NC(CCCN=C(N)N)C(=O)NCC(=O)O. The molecule has 0 aliphatic carbocycles. The average molecular weight is 489 g/mol. The number of nitrogens with two attached hydrogens (primary N) is 5. The van der Waals surface area contributed by atoms with Gasteiger partial charge < -0.3 is 54.8 Å². The number of hydrogen-bond donors (Lipinski definition) is 10. The summed E-state index contributed by atoms with van der Waals surface area (Å²) in [7, 11) is 0. The Kier molecular flexibility index (Phi) is 14.3. The lowest BCUT2D eigenvalue weighted by Gasteiger charge is -2.25. The molecule has 0 fully saturated rings. The first-order chi connectivity index (χ1) is 15.8. The average Bonchev–Trinajstić information content (AvgIpc) is 2.74. The van der Waals surface area contributed by atoms with Crippen LogP contribution in [0.3, 0.4) is 0 Å². The molecule has 0 aromatic carbocycles. The van der Waals surface area contributed by atoms with Gasteiger partial charge >= 0.3 is 5.97 Å². The lowest BCUT2D eigenvalue weighted by molar-refractivity contribution is -0.138. The van der Waals surface area contributed by atoms with Crippen LogP contribution in [0.1, 0.15) is 32.6 Å². The fourth-order valence-electron chi connectivity index (χ4n) is 2.64. The lowest BCUT2D eigenvalue weighted by Crippen LogP contribution is -2.59. The molecule has 0 radical (unpaired) electrons. The van der Waals surface area contributed by atoms with Crippen molar-refractivity contribution in [2.45, 2.75) is 56.8 Å². The maximum Gasteiger partial charge on any atom is 0.322 e. The van der Waals surface area contributed by atoms with Crippen LogP contribution in [0.5, 0.6) is 0 Å². The number of aliphatic hydroxyl groups excluding tert-OH is 1.